The highest BCUT2D eigenvalue weighted by molar-refractivity contribution is 5.82. The molecule has 1 fully saturated rings. The lowest BCUT2D eigenvalue weighted by atomic mass is 10.1. The molecule has 0 saturated carbocycles. The number of esters is 3. The van der Waals surface area contributed by atoms with Gasteiger partial charge in [-0.2, -0.15) is 0 Å². The van der Waals surface area contributed by atoms with Gasteiger partial charge in [0.15, 0.2) is 35.4 Å². The predicted octanol–water partition coefficient (Wildman–Crippen LogP) is 1.76. The van der Waals surface area contributed by atoms with Crippen LogP contribution in [0, 0.1) is 0 Å². The zero-order valence-electron chi connectivity index (χ0n) is 19.4. The molecule has 0 spiro atoms. The van der Waals surface area contributed by atoms with E-state index in [9.17, 15) is 14.4 Å². The number of hydrogen-bond acceptors (Lipinski definition) is 11. The number of benzene rings is 1. The monoisotopic (exact) mass is 483 g/mol. The van der Waals surface area contributed by atoms with Gasteiger partial charge in [0.1, 0.15) is 19.0 Å². The molecule has 1 aliphatic heterocycles. The van der Waals surface area contributed by atoms with Crippen molar-refractivity contribution >= 4 is 34.9 Å². The second kappa shape index (κ2) is 10.5. The number of anilines is 1. The summed E-state index contributed by atoms with van der Waals surface area (Å²) >= 11 is 0. The van der Waals surface area contributed by atoms with Crippen molar-refractivity contribution in [3.05, 3.63) is 48.5 Å². The van der Waals surface area contributed by atoms with E-state index >= 15 is 0 Å². The molecule has 4 atom stereocenters. The van der Waals surface area contributed by atoms with E-state index < -0.39 is 42.4 Å². The Bertz CT molecular complexity index is 1220. The number of nitrogens with one attached hydrogen (secondary N) is 1. The Labute approximate surface area is 200 Å². The number of nitrogens with zero attached hydrogens (tertiary/aromatic N) is 4. The van der Waals surface area contributed by atoms with Crippen molar-refractivity contribution in [2.75, 3.05) is 11.9 Å². The van der Waals surface area contributed by atoms with E-state index in [4.69, 9.17) is 18.9 Å². The molecule has 12 heteroatoms. The highest BCUT2D eigenvalue weighted by Gasteiger charge is 2.51. The number of rotatable bonds is 8. The minimum absolute atomic E-state index is 0.201. The van der Waals surface area contributed by atoms with E-state index in [0.29, 0.717) is 23.5 Å². The summed E-state index contributed by atoms with van der Waals surface area (Å²) in [6.45, 7) is 4.04. The first kappa shape index (κ1) is 24.1. The summed E-state index contributed by atoms with van der Waals surface area (Å²) in [7, 11) is 0. The molecular weight excluding hydrogens is 458 g/mol. The van der Waals surface area contributed by atoms with Crippen LogP contribution in [0.1, 0.15) is 32.6 Å². The molecule has 1 aromatic carbocycles. The standard InChI is InChI=1S/C23H25N5O7/c1-13(29)32-10-17-19(33-14(2)30)20(34-15(3)31)23(35-17)28-12-27-18-21(25-11-26-22(18)28)24-9-16-7-5-4-6-8-16/h4-8,11-12,17,19-20,23H,9-10H2,1-3H3,(H,24,25,26). The first-order chi connectivity index (χ1) is 16.8. The van der Waals surface area contributed by atoms with Crippen molar-refractivity contribution in [1.82, 2.24) is 19.5 Å². The van der Waals surface area contributed by atoms with Crippen molar-refractivity contribution in [2.24, 2.45) is 0 Å². The Morgan fingerprint density at radius 2 is 1.69 bits per heavy atom. The van der Waals surface area contributed by atoms with Crippen molar-refractivity contribution < 1.29 is 33.3 Å². The van der Waals surface area contributed by atoms with Gasteiger partial charge in [-0.3, -0.25) is 19.0 Å². The van der Waals surface area contributed by atoms with Crippen molar-refractivity contribution in [3.63, 3.8) is 0 Å². The summed E-state index contributed by atoms with van der Waals surface area (Å²) in [6, 6.07) is 9.79. The van der Waals surface area contributed by atoms with Gasteiger partial charge in [-0.15, -0.1) is 0 Å². The van der Waals surface area contributed by atoms with Crippen molar-refractivity contribution in [2.45, 2.75) is 51.9 Å². The molecule has 35 heavy (non-hydrogen) atoms. The third-order valence-electron chi connectivity index (χ3n) is 5.28. The summed E-state index contributed by atoms with van der Waals surface area (Å²) in [5, 5.41) is 3.25. The molecule has 1 aliphatic rings. The number of carbonyl (C=O) groups excluding carboxylic acids is 3. The summed E-state index contributed by atoms with van der Waals surface area (Å²) in [5.41, 5.74) is 1.94. The molecule has 3 aromatic rings. The first-order valence-electron chi connectivity index (χ1n) is 10.9. The molecule has 4 unspecified atom stereocenters. The minimum Gasteiger partial charge on any atom is -0.463 e. The summed E-state index contributed by atoms with van der Waals surface area (Å²) < 4.78 is 23.6. The van der Waals surface area contributed by atoms with E-state index in [1.165, 1.54) is 33.4 Å². The topological polar surface area (TPSA) is 144 Å². The summed E-state index contributed by atoms with van der Waals surface area (Å²) in [4.78, 5) is 48.1. The van der Waals surface area contributed by atoms with Crippen LogP contribution in [0.25, 0.3) is 11.2 Å². The molecule has 0 radical (unpaired) electrons. The van der Waals surface area contributed by atoms with Gasteiger partial charge in [0.05, 0.1) is 6.33 Å². The fourth-order valence-electron chi connectivity index (χ4n) is 3.87. The molecule has 0 aliphatic carbocycles. The molecule has 0 bridgehead atoms. The van der Waals surface area contributed by atoms with Crippen LogP contribution < -0.4 is 5.32 Å². The van der Waals surface area contributed by atoms with E-state index in [2.05, 4.69) is 20.3 Å². The number of carbonyl (C=O) groups is 3. The Morgan fingerprint density at radius 3 is 2.37 bits per heavy atom. The van der Waals surface area contributed by atoms with Crippen LogP contribution >= 0.6 is 0 Å². The Morgan fingerprint density at radius 1 is 0.971 bits per heavy atom. The third kappa shape index (κ3) is 5.54. The van der Waals surface area contributed by atoms with Gasteiger partial charge in [-0.1, -0.05) is 30.3 Å². The number of ether oxygens (including phenoxy) is 4. The number of fused-ring (bicyclic) bond motifs is 1. The normalized spacial score (nSPS) is 21.5. The predicted molar refractivity (Wildman–Crippen MR) is 121 cm³/mol. The van der Waals surface area contributed by atoms with Crippen LogP contribution in [0.15, 0.2) is 43.0 Å². The summed E-state index contributed by atoms with van der Waals surface area (Å²) in [6.07, 6.45) is -1.03. The van der Waals surface area contributed by atoms with Gasteiger partial charge in [0, 0.05) is 27.3 Å². The Hall–Kier alpha value is -4.06. The van der Waals surface area contributed by atoms with E-state index in [0.717, 1.165) is 5.56 Å². The summed E-state index contributed by atoms with van der Waals surface area (Å²) in [5.74, 6) is -1.22. The zero-order chi connectivity index (χ0) is 24.9. The second-order valence-corrected chi connectivity index (χ2v) is 7.90. The van der Waals surface area contributed by atoms with Crippen LogP contribution in [0.4, 0.5) is 5.82 Å². The first-order valence-corrected chi connectivity index (χ1v) is 10.9. The third-order valence-corrected chi connectivity index (χ3v) is 5.28. The van der Waals surface area contributed by atoms with E-state index in [1.807, 2.05) is 30.3 Å². The van der Waals surface area contributed by atoms with Crippen LogP contribution in [0.3, 0.4) is 0 Å². The van der Waals surface area contributed by atoms with Gasteiger partial charge in [0.25, 0.3) is 0 Å². The molecule has 0 amide bonds. The van der Waals surface area contributed by atoms with Gasteiger partial charge in [-0.05, 0) is 5.56 Å². The maximum absolute atomic E-state index is 11.9. The average Bonchev–Trinajstić information content (AvgIpc) is 3.38. The quantitative estimate of drug-likeness (QED) is 0.370. The number of imidazole rings is 1. The fraction of sp³-hybridized carbons (Fsp3) is 0.391. The molecule has 4 rings (SSSR count). The van der Waals surface area contributed by atoms with Gasteiger partial charge < -0.3 is 24.3 Å². The maximum Gasteiger partial charge on any atom is 0.303 e. The molecule has 184 valence electrons. The highest BCUT2D eigenvalue weighted by Crippen LogP contribution is 2.36. The van der Waals surface area contributed by atoms with Gasteiger partial charge in [-0.25, -0.2) is 15.0 Å². The lowest BCUT2D eigenvalue weighted by Gasteiger charge is -2.23. The van der Waals surface area contributed by atoms with Crippen LogP contribution in [0.5, 0.6) is 0 Å². The zero-order valence-corrected chi connectivity index (χ0v) is 19.4. The maximum atomic E-state index is 11.9. The SMILES string of the molecule is CC(=O)OCC1OC(n2cnc3c(NCc4ccccc4)ncnc32)C(OC(C)=O)C1OC(C)=O. The molecular formula is C23H25N5O7. The van der Waals surface area contributed by atoms with Crippen LogP contribution in [-0.2, 0) is 39.9 Å². The molecule has 1 N–H and O–H groups in total. The minimum atomic E-state index is -1.04. The molecule has 1 saturated heterocycles. The lowest BCUT2D eigenvalue weighted by molar-refractivity contribution is -0.166. The second-order valence-electron chi connectivity index (χ2n) is 7.90. The Kier molecular flexibility index (Phi) is 7.20. The van der Waals surface area contributed by atoms with Crippen LogP contribution in [0.2, 0.25) is 0 Å². The fourth-order valence-corrected chi connectivity index (χ4v) is 3.87. The molecule has 12 nitrogen and oxygen atoms in total. The average molecular weight is 483 g/mol. The van der Waals surface area contributed by atoms with Crippen LogP contribution in [-0.4, -0.2) is 62.3 Å². The molecule has 3 heterocycles. The number of aromatic nitrogens is 4. The van der Waals surface area contributed by atoms with Crippen molar-refractivity contribution in [1.29, 1.82) is 0 Å². The van der Waals surface area contributed by atoms with E-state index in [-0.39, 0.29) is 6.61 Å². The Balaban J connectivity index is 1.65. The van der Waals surface area contributed by atoms with Gasteiger partial charge >= 0.3 is 17.9 Å². The molecule has 2 aromatic heterocycles. The highest BCUT2D eigenvalue weighted by atomic mass is 16.7. The largest absolute Gasteiger partial charge is 0.463 e. The smallest absolute Gasteiger partial charge is 0.303 e. The lowest BCUT2D eigenvalue weighted by Crippen LogP contribution is -2.40. The van der Waals surface area contributed by atoms with Gasteiger partial charge in [0.2, 0.25) is 0 Å². The van der Waals surface area contributed by atoms with E-state index in [1.54, 1.807) is 4.57 Å². The van der Waals surface area contributed by atoms with Crippen molar-refractivity contribution in [3.8, 4) is 0 Å². The number of hydrogen-bond donors (Lipinski definition) is 1.